The van der Waals surface area contributed by atoms with Crippen LogP contribution in [0.25, 0.3) is 0 Å². The molecule has 0 aliphatic carbocycles. The summed E-state index contributed by atoms with van der Waals surface area (Å²) in [7, 11) is 3.98. The maximum absolute atomic E-state index is 11.2. The first kappa shape index (κ1) is 13.3. The van der Waals surface area contributed by atoms with Gasteiger partial charge in [0.1, 0.15) is 0 Å². The molecule has 0 heterocycles. The third-order valence-electron chi connectivity index (χ3n) is 2.31. The zero-order valence-electron chi connectivity index (χ0n) is 10.3. The summed E-state index contributed by atoms with van der Waals surface area (Å²) in [6.45, 7) is 1.42. The average molecular weight is 237 g/mol. The minimum Gasteiger partial charge on any atom is -0.491 e. The number of nitrogen functional groups attached to an aromatic ring is 1. The number of para-hydroxylation sites is 1. The van der Waals surface area contributed by atoms with E-state index in [0.29, 0.717) is 23.6 Å². The van der Waals surface area contributed by atoms with E-state index in [4.69, 9.17) is 16.2 Å². The molecule has 0 unspecified atom stereocenters. The average Bonchev–Trinajstić information content (AvgIpc) is 2.25. The Morgan fingerprint density at radius 2 is 2.12 bits per heavy atom. The summed E-state index contributed by atoms with van der Waals surface area (Å²) >= 11 is 0. The zero-order chi connectivity index (χ0) is 12.8. The molecule has 1 rings (SSSR count). The molecule has 1 amide bonds. The lowest BCUT2D eigenvalue weighted by molar-refractivity contribution is 0.0996. The molecule has 0 fully saturated rings. The number of hydrogen-bond donors (Lipinski definition) is 2. The highest BCUT2D eigenvalue weighted by Crippen LogP contribution is 2.25. The summed E-state index contributed by atoms with van der Waals surface area (Å²) in [5.74, 6) is -0.140. The van der Waals surface area contributed by atoms with Gasteiger partial charge in [-0.3, -0.25) is 4.79 Å². The van der Waals surface area contributed by atoms with E-state index in [9.17, 15) is 4.79 Å². The number of nitrogens with two attached hydrogens (primary N) is 2. The fourth-order valence-electron chi connectivity index (χ4n) is 1.47. The maximum atomic E-state index is 11.2. The van der Waals surface area contributed by atoms with Gasteiger partial charge in [0.15, 0.2) is 5.75 Å². The van der Waals surface area contributed by atoms with Gasteiger partial charge in [-0.2, -0.15) is 0 Å². The number of ether oxygens (including phenoxy) is 1. The molecule has 0 atom stereocenters. The van der Waals surface area contributed by atoms with Crippen molar-refractivity contribution >= 4 is 11.6 Å². The lowest BCUT2D eigenvalue weighted by Gasteiger charge is -2.13. The first-order valence-electron chi connectivity index (χ1n) is 5.48. The Labute approximate surface area is 101 Å². The number of nitrogens with zero attached hydrogens (tertiary/aromatic N) is 1. The minimum atomic E-state index is -0.528. The van der Waals surface area contributed by atoms with Gasteiger partial charge in [-0.05, 0) is 32.6 Å². The van der Waals surface area contributed by atoms with Gasteiger partial charge in [0.25, 0.3) is 5.91 Å². The largest absolute Gasteiger partial charge is 0.491 e. The summed E-state index contributed by atoms with van der Waals surface area (Å²) < 4.78 is 5.53. The number of hydrogen-bond acceptors (Lipinski definition) is 4. The fourth-order valence-corrected chi connectivity index (χ4v) is 1.47. The number of primary amides is 1. The second-order valence-electron chi connectivity index (χ2n) is 4.09. The summed E-state index contributed by atoms with van der Waals surface area (Å²) in [4.78, 5) is 13.3. The number of anilines is 1. The van der Waals surface area contributed by atoms with Crippen LogP contribution in [0.2, 0.25) is 0 Å². The molecule has 0 aromatic heterocycles. The summed E-state index contributed by atoms with van der Waals surface area (Å²) in [6.07, 6.45) is 0.861. The van der Waals surface area contributed by atoms with E-state index < -0.39 is 5.91 Å². The van der Waals surface area contributed by atoms with Crippen LogP contribution < -0.4 is 16.2 Å². The summed E-state index contributed by atoms with van der Waals surface area (Å²) in [5.41, 5.74) is 11.8. The van der Waals surface area contributed by atoms with Crippen LogP contribution in [0, 0.1) is 0 Å². The van der Waals surface area contributed by atoms with Crippen molar-refractivity contribution in [2.45, 2.75) is 6.42 Å². The zero-order valence-corrected chi connectivity index (χ0v) is 10.3. The Hall–Kier alpha value is -1.75. The van der Waals surface area contributed by atoms with Crippen LogP contribution >= 0.6 is 0 Å². The van der Waals surface area contributed by atoms with Crippen molar-refractivity contribution in [2.24, 2.45) is 5.73 Å². The molecular weight excluding hydrogens is 218 g/mol. The molecular formula is C12H19N3O2. The van der Waals surface area contributed by atoms with E-state index in [2.05, 4.69) is 4.90 Å². The minimum absolute atomic E-state index is 0.329. The predicted molar refractivity (Wildman–Crippen MR) is 68.0 cm³/mol. The Kier molecular flexibility index (Phi) is 4.78. The van der Waals surface area contributed by atoms with Crippen molar-refractivity contribution in [3.8, 4) is 5.75 Å². The molecule has 0 saturated heterocycles. The molecule has 0 spiro atoms. The number of carbonyl (C=O) groups is 1. The van der Waals surface area contributed by atoms with Gasteiger partial charge in [-0.15, -0.1) is 0 Å². The molecule has 4 N–H and O–H groups in total. The predicted octanol–water partition coefficient (Wildman–Crippen LogP) is 0.698. The van der Waals surface area contributed by atoms with E-state index in [1.165, 1.54) is 0 Å². The molecule has 1 aromatic rings. The van der Waals surface area contributed by atoms with E-state index in [1.807, 2.05) is 14.1 Å². The van der Waals surface area contributed by atoms with Gasteiger partial charge in [0, 0.05) is 6.54 Å². The third-order valence-corrected chi connectivity index (χ3v) is 2.31. The molecule has 0 aliphatic rings. The van der Waals surface area contributed by atoms with Gasteiger partial charge in [-0.25, -0.2) is 0 Å². The smallest absolute Gasteiger partial charge is 0.252 e. The lowest BCUT2D eigenvalue weighted by atomic mass is 10.1. The number of rotatable bonds is 6. The lowest BCUT2D eigenvalue weighted by Crippen LogP contribution is -2.17. The molecule has 0 bridgehead atoms. The second kappa shape index (κ2) is 6.10. The van der Waals surface area contributed by atoms with Gasteiger partial charge >= 0.3 is 0 Å². The van der Waals surface area contributed by atoms with Crippen molar-refractivity contribution in [3.63, 3.8) is 0 Å². The standard InChI is InChI=1S/C12H19N3O2/c1-15(2)7-4-8-17-11-9(12(14)16)5-3-6-10(11)13/h3,5-6H,4,7-8,13H2,1-2H3,(H2,14,16). The summed E-state index contributed by atoms with van der Waals surface area (Å²) in [5, 5.41) is 0. The third kappa shape index (κ3) is 3.96. The van der Waals surface area contributed by atoms with E-state index in [0.717, 1.165) is 13.0 Å². The molecule has 0 aliphatic heterocycles. The molecule has 17 heavy (non-hydrogen) atoms. The molecule has 0 saturated carbocycles. The van der Waals surface area contributed by atoms with Crippen LogP contribution in [0.5, 0.6) is 5.75 Å². The molecule has 1 aromatic carbocycles. The van der Waals surface area contributed by atoms with E-state index in [1.54, 1.807) is 18.2 Å². The Bertz CT molecular complexity index is 391. The van der Waals surface area contributed by atoms with E-state index >= 15 is 0 Å². The Balaban J connectivity index is 2.66. The van der Waals surface area contributed by atoms with Crippen LogP contribution in [0.15, 0.2) is 18.2 Å². The van der Waals surface area contributed by atoms with Crippen molar-refractivity contribution < 1.29 is 9.53 Å². The van der Waals surface area contributed by atoms with Gasteiger partial charge < -0.3 is 21.1 Å². The van der Waals surface area contributed by atoms with Crippen LogP contribution in [-0.4, -0.2) is 38.1 Å². The van der Waals surface area contributed by atoms with Crippen molar-refractivity contribution in [1.82, 2.24) is 4.90 Å². The van der Waals surface area contributed by atoms with Gasteiger partial charge in [0.2, 0.25) is 0 Å². The monoisotopic (exact) mass is 237 g/mol. The SMILES string of the molecule is CN(C)CCCOc1c(N)cccc1C(N)=O. The fraction of sp³-hybridized carbons (Fsp3) is 0.417. The highest BCUT2D eigenvalue weighted by molar-refractivity contribution is 5.97. The molecule has 5 nitrogen and oxygen atoms in total. The van der Waals surface area contributed by atoms with Crippen molar-refractivity contribution in [2.75, 3.05) is 33.0 Å². The number of benzene rings is 1. The second-order valence-corrected chi connectivity index (χ2v) is 4.09. The van der Waals surface area contributed by atoms with Crippen molar-refractivity contribution in [3.05, 3.63) is 23.8 Å². The maximum Gasteiger partial charge on any atom is 0.252 e. The first-order valence-corrected chi connectivity index (χ1v) is 5.48. The van der Waals surface area contributed by atoms with Crippen molar-refractivity contribution in [1.29, 1.82) is 0 Å². The quantitative estimate of drug-likeness (QED) is 0.563. The van der Waals surface area contributed by atoms with E-state index in [-0.39, 0.29) is 0 Å². The number of carbonyl (C=O) groups excluding carboxylic acids is 1. The highest BCUT2D eigenvalue weighted by atomic mass is 16.5. The molecule has 94 valence electrons. The first-order chi connectivity index (χ1) is 8.02. The Morgan fingerprint density at radius 1 is 1.41 bits per heavy atom. The molecule has 0 radical (unpaired) electrons. The van der Waals surface area contributed by atoms with Crippen LogP contribution in [-0.2, 0) is 0 Å². The summed E-state index contributed by atoms with van der Waals surface area (Å²) in [6, 6.07) is 4.98. The Morgan fingerprint density at radius 3 is 2.71 bits per heavy atom. The van der Waals surface area contributed by atoms with Gasteiger partial charge in [0.05, 0.1) is 17.9 Å². The van der Waals surface area contributed by atoms with Crippen LogP contribution in [0.3, 0.4) is 0 Å². The topological polar surface area (TPSA) is 81.6 Å². The van der Waals surface area contributed by atoms with Gasteiger partial charge in [-0.1, -0.05) is 6.07 Å². The highest BCUT2D eigenvalue weighted by Gasteiger charge is 2.11. The normalized spacial score (nSPS) is 10.5. The van der Waals surface area contributed by atoms with Crippen LogP contribution in [0.4, 0.5) is 5.69 Å². The van der Waals surface area contributed by atoms with Crippen LogP contribution in [0.1, 0.15) is 16.8 Å². The number of amides is 1. The molecule has 5 heteroatoms.